The van der Waals surface area contributed by atoms with Gasteiger partial charge in [0.25, 0.3) is 0 Å². The number of nitrogens with two attached hydrogens (primary N) is 1. The molecule has 0 fully saturated rings. The van der Waals surface area contributed by atoms with Gasteiger partial charge in [-0.2, -0.15) is 5.26 Å². The minimum Gasteiger partial charge on any atom is -0.324 e. The van der Waals surface area contributed by atoms with E-state index in [2.05, 4.69) is 0 Å². The normalized spacial score (nSPS) is 10.3. The van der Waals surface area contributed by atoms with Crippen LogP contribution in [-0.2, 0) is 10.2 Å². The van der Waals surface area contributed by atoms with Gasteiger partial charge in [0, 0.05) is 5.41 Å². The first-order valence-electron chi connectivity index (χ1n) is 4.87. The molecular formula is C12H14ClFN2O. The fourth-order valence-electron chi connectivity index (χ4n) is 1.42. The van der Waals surface area contributed by atoms with Crippen molar-refractivity contribution in [3.8, 4) is 6.07 Å². The summed E-state index contributed by atoms with van der Waals surface area (Å²) in [4.78, 5) is 11.6. The van der Waals surface area contributed by atoms with Gasteiger partial charge in [0.2, 0.25) is 0 Å². The lowest BCUT2D eigenvalue weighted by Gasteiger charge is -2.23. The first kappa shape index (κ1) is 15.6. The molecule has 0 spiro atoms. The van der Waals surface area contributed by atoms with E-state index in [0.29, 0.717) is 5.56 Å². The Kier molecular flexibility index (Phi) is 5.27. The highest BCUT2D eigenvalue weighted by Gasteiger charge is 2.28. The summed E-state index contributed by atoms with van der Waals surface area (Å²) in [6.45, 7) is 3.33. The maximum atomic E-state index is 13.1. The number of halogens is 2. The molecule has 1 aromatic carbocycles. The zero-order valence-corrected chi connectivity index (χ0v) is 10.5. The van der Waals surface area contributed by atoms with Crippen LogP contribution in [0, 0.1) is 17.1 Å². The number of Topliss-reactive ketones (excluding diaryl/α,β-unsaturated/α-hetero) is 1. The van der Waals surface area contributed by atoms with Crippen LogP contribution in [0.3, 0.4) is 0 Å². The van der Waals surface area contributed by atoms with Gasteiger partial charge in [-0.05, 0) is 31.5 Å². The molecule has 0 saturated heterocycles. The zero-order chi connectivity index (χ0) is 12.3. The van der Waals surface area contributed by atoms with E-state index in [4.69, 9.17) is 11.0 Å². The third kappa shape index (κ3) is 3.02. The fraction of sp³-hybridized carbons (Fsp3) is 0.333. The maximum Gasteiger partial charge on any atom is 0.156 e. The molecular weight excluding hydrogens is 243 g/mol. The monoisotopic (exact) mass is 256 g/mol. The molecule has 0 saturated carbocycles. The summed E-state index contributed by atoms with van der Waals surface area (Å²) in [7, 11) is 0. The second kappa shape index (κ2) is 5.76. The molecule has 92 valence electrons. The van der Waals surface area contributed by atoms with E-state index in [9.17, 15) is 9.18 Å². The summed E-state index contributed by atoms with van der Waals surface area (Å²) in [6.07, 6.45) is 0. The lowest BCUT2D eigenvalue weighted by Crippen LogP contribution is -2.34. The minimum atomic E-state index is -0.798. The quantitative estimate of drug-likeness (QED) is 0.899. The summed E-state index contributed by atoms with van der Waals surface area (Å²) < 4.78 is 13.1. The van der Waals surface area contributed by atoms with Gasteiger partial charge in [-0.25, -0.2) is 4.39 Å². The van der Waals surface area contributed by atoms with Gasteiger partial charge in [0.1, 0.15) is 11.9 Å². The SMILES string of the molecule is CC(C)(C(=O)CN)c1ccc(F)c(C#N)c1.Cl. The van der Waals surface area contributed by atoms with Crippen LogP contribution in [0.25, 0.3) is 0 Å². The number of nitrogens with zero attached hydrogens (tertiary/aromatic N) is 1. The smallest absolute Gasteiger partial charge is 0.156 e. The Morgan fingerprint density at radius 1 is 1.53 bits per heavy atom. The summed E-state index contributed by atoms with van der Waals surface area (Å²) in [5.74, 6) is -0.731. The van der Waals surface area contributed by atoms with Crippen LogP contribution in [0.2, 0.25) is 0 Å². The van der Waals surface area contributed by atoms with Gasteiger partial charge >= 0.3 is 0 Å². The largest absolute Gasteiger partial charge is 0.324 e. The van der Waals surface area contributed by atoms with E-state index in [-0.39, 0.29) is 30.3 Å². The number of nitriles is 1. The van der Waals surface area contributed by atoms with Gasteiger partial charge in [-0.3, -0.25) is 4.79 Å². The molecule has 0 bridgehead atoms. The first-order chi connectivity index (χ1) is 7.43. The molecule has 0 aliphatic heterocycles. The average Bonchev–Trinajstić information content (AvgIpc) is 2.28. The highest BCUT2D eigenvalue weighted by atomic mass is 35.5. The van der Waals surface area contributed by atoms with E-state index < -0.39 is 11.2 Å². The van der Waals surface area contributed by atoms with E-state index in [0.717, 1.165) is 0 Å². The van der Waals surface area contributed by atoms with Gasteiger partial charge in [0.15, 0.2) is 5.78 Å². The average molecular weight is 257 g/mol. The van der Waals surface area contributed by atoms with Crippen molar-refractivity contribution in [3.63, 3.8) is 0 Å². The molecule has 0 heterocycles. The van der Waals surface area contributed by atoms with Crippen molar-refractivity contribution in [1.82, 2.24) is 0 Å². The minimum absolute atomic E-state index is 0. The molecule has 0 aliphatic rings. The molecule has 5 heteroatoms. The highest BCUT2D eigenvalue weighted by molar-refractivity contribution is 5.90. The first-order valence-corrected chi connectivity index (χ1v) is 4.87. The molecule has 0 atom stereocenters. The van der Waals surface area contributed by atoms with E-state index >= 15 is 0 Å². The summed E-state index contributed by atoms with van der Waals surface area (Å²) in [5.41, 5.74) is 5.05. The highest BCUT2D eigenvalue weighted by Crippen LogP contribution is 2.25. The molecule has 0 aliphatic carbocycles. The van der Waals surface area contributed by atoms with Crippen molar-refractivity contribution in [1.29, 1.82) is 5.26 Å². The van der Waals surface area contributed by atoms with Gasteiger partial charge < -0.3 is 5.73 Å². The molecule has 0 unspecified atom stereocenters. The van der Waals surface area contributed by atoms with Crippen molar-refractivity contribution in [2.45, 2.75) is 19.3 Å². The second-order valence-corrected chi connectivity index (χ2v) is 4.06. The van der Waals surface area contributed by atoms with Crippen LogP contribution < -0.4 is 5.73 Å². The van der Waals surface area contributed by atoms with Gasteiger partial charge in [-0.1, -0.05) is 6.07 Å². The van der Waals surface area contributed by atoms with E-state index in [1.54, 1.807) is 19.9 Å². The molecule has 0 amide bonds. The molecule has 2 N–H and O–H groups in total. The van der Waals surface area contributed by atoms with Crippen molar-refractivity contribution in [2.24, 2.45) is 5.73 Å². The van der Waals surface area contributed by atoms with Crippen LogP contribution in [0.15, 0.2) is 18.2 Å². The van der Waals surface area contributed by atoms with Crippen LogP contribution in [0.5, 0.6) is 0 Å². The third-order valence-electron chi connectivity index (χ3n) is 2.69. The van der Waals surface area contributed by atoms with E-state index in [1.807, 2.05) is 0 Å². The number of hydrogen-bond donors (Lipinski definition) is 1. The standard InChI is InChI=1S/C12H13FN2O.ClH/c1-12(2,11(16)7-15)9-3-4-10(13)8(5-9)6-14;/h3-5H,7,15H2,1-2H3;1H. The molecule has 1 rings (SSSR count). The number of hydrogen-bond acceptors (Lipinski definition) is 3. The topological polar surface area (TPSA) is 66.9 Å². The fourth-order valence-corrected chi connectivity index (χ4v) is 1.42. The summed E-state index contributed by atoms with van der Waals surface area (Å²) in [5, 5.41) is 8.70. The number of benzene rings is 1. The Balaban J connectivity index is 0.00000256. The Morgan fingerprint density at radius 3 is 2.59 bits per heavy atom. The molecule has 0 aromatic heterocycles. The van der Waals surface area contributed by atoms with Crippen molar-refractivity contribution in [2.75, 3.05) is 6.54 Å². The Bertz CT molecular complexity index is 466. The van der Waals surface area contributed by atoms with Crippen LogP contribution in [0.4, 0.5) is 4.39 Å². The Labute approximate surface area is 106 Å². The van der Waals surface area contributed by atoms with Gasteiger partial charge in [0.05, 0.1) is 12.1 Å². The Morgan fingerprint density at radius 2 is 2.12 bits per heavy atom. The van der Waals surface area contributed by atoms with Crippen LogP contribution in [-0.4, -0.2) is 12.3 Å². The van der Waals surface area contributed by atoms with Crippen molar-refractivity contribution < 1.29 is 9.18 Å². The van der Waals surface area contributed by atoms with Crippen molar-refractivity contribution >= 4 is 18.2 Å². The number of carbonyl (C=O) groups excluding carboxylic acids is 1. The van der Waals surface area contributed by atoms with Crippen LogP contribution >= 0.6 is 12.4 Å². The molecule has 17 heavy (non-hydrogen) atoms. The zero-order valence-electron chi connectivity index (χ0n) is 9.66. The van der Waals surface area contributed by atoms with E-state index in [1.165, 1.54) is 18.2 Å². The second-order valence-electron chi connectivity index (χ2n) is 4.06. The molecule has 1 aromatic rings. The predicted octanol–water partition coefficient (Wildman–Crippen LogP) is 1.92. The lowest BCUT2D eigenvalue weighted by atomic mass is 9.80. The maximum absolute atomic E-state index is 13.1. The third-order valence-corrected chi connectivity index (χ3v) is 2.69. The predicted molar refractivity (Wildman–Crippen MR) is 65.5 cm³/mol. The number of rotatable bonds is 3. The summed E-state index contributed by atoms with van der Waals surface area (Å²) in [6, 6.07) is 5.84. The Hall–Kier alpha value is -1.44. The van der Waals surface area contributed by atoms with Crippen molar-refractivity contribution in [3.05, 3.63) is 35.1 Å². The van der Waals surface area contributed by atoms with Crippen LogP contribution in [0.1, 0.15) is 25.0 Å². The number of ketones is 1. The lowest BCUT2D eigenvalue weighted by molar-refractivity contribution is -0.122. The number of carbonyl (C=O) groups is 1. The summed E-state index contributed by atoms with van der Waals surface area (Å²) >= 11 is 0. The van der Waals surface area contributed by atoms with Gasteiger partial charge in [-0.15, -0.1) is 12.4 Å². The molecule has 0 radical (unpaired) electrons. The molecule has 3 nitrogen and oxygen atoms in total.